The molecule has 2 aromatic rings. The minimum atomic E-state index is -0.399. The second-order valence-corrected chi connectivity index (χ2v) is 5.88. The molecular weight excluding hydrogens is 402 g/mol. The summed E-state index contributed by atoms with van der Waals surface area (Å²) in [6, 6.07) is 1.87. The maximum atomic E-state index is 11.9. The van der Waals surface area contributed by atoms with E-state index in [0.29, 0.717) is 35.8 Å². The molecule has 2 heterocycles. The van der Waals surface area contributed by atoms with E-state index in [1.807, 2.05) is 13.0 Å². The quantitative estimate of drug-likeness (QED) is 0.711. The van der Waals surface area contributed by atoms with E-state index in [-0.39, 0.29) is 0 Å². The van der Waals surface area contributed by atoms with Crippen molar-refractivity contribution < 1.29 is 9.53 Å². The fourth-order valence-corrected chi connectivity index (χ4v) is 2.92. The van der Waals surface area contributed by atoms with Crippen LogP contribution in [0.15, 0.2) is 27.4 Å². The Hall–Kier alpha value is -1.34. The fraction of sp³-hybridized carbons (Fsp3) is 0.286. The molecule has 5 nitrogen and oxygen atoms in total. The highest BCUT2D eigenvalue weighted by atomic mass is 79.9. The Morgan fingerprint density at radius 3 is 2.62 bits per heavy atom. The van der Waals surface area contributed by atoms with Crippen LogP contribution < -0.4 is 0 Å². The lowest BCUT2D eigenvalue weighted by Gasteiger charge is -2.08. The zero-order chi connectivity index (χ0) is 15.4. The van der Waals surface area contributed by atoms with Gasteiger partial charge in [0.15, 0.2) is 5.82 Å². The summed E-state index contributed by atoms with van der Waals surface area (Å²) in [6.07, 6.45) is 3.78. The number of pyridine rings is 1. The van der Waals surface area contributed by atoms with Gasteiger partial charge in [-0.15, -0.1) is 0 Å². The van der Waals surface area contributed by atoms with E-state index in [1.54, 1.807) is 13.1 Å². The van der Waals surface area contributed by atoms with Gasteiger partial charge in [-0.3, -0.25) is 4.98 Å². The van der Waals surface area contributed by atoms with Crippen LogP contribution in [0.1, 0.15) is 29.9 Å². The summed E-state index contributed by atoms with van der Waals surface area (Å²) in [5.41, 5.74) is 1.68. The molecule has 2 aromatic heterocycles. The van der Waals surface area contributed by atoms with Gasteiger partial charge in [-0.2, -0.15) is 0 Å². The Morgan fingerprint density at radius 2 is 2.00 bits per heavy atom. The van der Waals surface area contributed by atoms with Crippen molar-refractivity contribution in [3.8, 4) is 11.5 Å². The molecular formula is C14H13Br2N3O2. The Bertz CT molecular complexity index is 677. The average molecular weight is 415 g/mol. The third-order valence-corrected chi connectivity index (χ3v) is 3.76. The molecule has 0 spiro atoms. The normalized spacial score (nSPS) is 10.5. The second-order valence-electron chi connectivity index (χ2n) is 4.11. The number of aryl methyl sites for hydroxylation is 1. The number of rotatable bonds is 4. The van der Waals surface area contributed by atoms with E-state index in [1.165, 1.54) is 6.20 Å². The molecule has 0 unspecified atom stereocenters. The van der Waals surface area contributed by atoms with E-state index in [2.05, 4.69) is 46.8 Å². The van der Waals surface area contributed by atoms with Crippen LogP contribution in [-0.2, 0) is 11.2 Å². The molecule has 0 saturated heterocycles. The third kappa shape index (κ3) is 3.65. The van der Waals surface area contributed by atoms with Gasteiger partial charge in [0.05, 0.1) is 17.9 Å². The molecule has 21 heavy (non-hydrogen) atoms. The highest BCUT2D eigenvalue weighted by Gasteiger charge is 2.16. The first-order valence-electron chi connectivity index (χ1n) is 6.41. The second kappa shape index (κ2) is 7.09. The van der Waals surface area contributed by atoms with Gasteiger partial charge in [-0.1, -0.05) is 6.92 Å². The smallest absolute Gasteiger partial charge is 0.341 e. The number of carbonyl (C=O) groups is 1. The topological polar surface area (TPSA) is 65.0 Å². The summed E-state index contributed by atoms with van der Waals surface area (Å²) in [6.45, 7) is 4.02. The molecule has 0 aromatic carbocycles. The van der Waals surface area contributed by atoms with Crippen LogP contribution in [0, 0.1) is 0 Å². The summed E-state index contributed by atoms with van der Waals surface area (Å²) in [5.74, 6) is 0.0722. The van der Waals surface area contributed by atoms with Crippen molar-refractivity contribution >= 4 is 37.8 Å². The van der Waals surface area contributed by atoms with E-state index >= 15 is 0 Å². The Kier molecular flexibility index (Phi) is 5.41. The van der Waals surface area contributed by atoms with Gasteiger partial charge < -0.3 is 4.74 Å². The molecule has 0 N–H and O–H groups in total. The van der Waals surface area contributed by atoms with Crippen molar-refractivity contribution in [1.29, 1.82) is 0 Å². The van der Waals surface area contributed by atoms with Crippen molar-refractivity contribution in [3.63, 3.8) is 0 Å². The Balaban J connectivity index is 2.45. The summed E-state index contributed by atoms with van der Waals surface area (Å²) in [4.78, 5) is 24.8. The first-order valence-corrected chi connectivity index (χ1v) is 7.99. The molecule has 0 saturated carbocycles. The number of carbonyl (C=O) groups excluding carboxylic acids is 1. The van der Waals surface area contributed by atoms with Gasteiger partial charge >= 0.3 is 5.97 Å². The summed E-state index contributed by atoms with van der Waals surface area (Å²) < 4.78 is 6.64. The summed E-state index contributed by atoms with van der Waals surface area (Å²) >= 11 is 6.79. The van der Waals surface area contributed by atoms with Crippen molar-refractivity contribution in [3.05, 3.63) is 38.7 Å². The van der Waals surface area contributed by atoms with Gasteiger partial charge in [0.2, 0.25) is 0 Å². The minimum absolute atomic E-state index is 0.323. The van der Waals surface area contributed by atoms with Gasteiger partial charge in [-0.25, -0.2) is 14.8 Å². The zero-order valence-electron chi connectivity index (χ0n) is 11.6. The first-order chi connectivity index (χ1) is 10.1. The van der Waals surface area contributed by atoms with Crippen molar-refractivity contribution in [1.82, 2.24) is 15.0 Å². The van der Waals surface area contributed by atoms with Gasteiger partial charge in [0, 0.05) is 21.3 Å². The van der Waals surface area contributed by atoms with E-state index in [4.69, 9.17) is 4.74 Å². The Labute approximate surface area is 139 Å². The van der Waals surface area contributed by atoms with Crippen LogP contribution >= 0.6 is 31.9 Å². The molecule has 110 valence electrons. The van der Waals surface area contributed by atoms with Crippen LogP contribution in [0.2, 0.25) is 0 Å². The van der Waals surface area contributed by atoms with E-state index in [9.17, 15) is 4.79 Å². The molecule has 7 heteroatoms. The largest absolute Gasteiger partial charge is 0.462 e. The summed E-state index contributed by atoms with van der Waals surface area (Å²) in [5, 5.41) is 0. The monoisotopic (exact) mass is 413 g/mol. The SMILES string of the molecule is CCOC(=O)c1cnc(-c2ncc(Br)cc2Br)nc1CC. The molecule has 0 radical (unpaired) electrons. The van der Waals surface area contributed by atoms with Crippen molar-refractivity contribution in [2.24, 2.45) is 0 Å². The maximum absolute atomic E-state index is 11.9. The van der Waals surface area contributed by atoms with Crippen LogP contribution in [-0.4, -0.2) is 27.5 Å². The number of ether oxygens (including phenoxy) is 1. The summed E-state index contributed by atoms with van der Waals surface area (Å²) in [7, 11) is 0. The molecule has 0 amide bonds. The minimum Gasteiger partial charge on any atom is -0.462 e. The number of halogens is 2. The lowest BCUT2D eigenvalue weighted by Crippen LogP contribution is -2.11. The van der Waals surface area contributed by atoms with E-state index in [0.717, 1.165) is 8.95 Å². The Morgan fingerprint density at radius 1 is 1.24 bits per heavy atom. The highest BCUT2D eigenvalue weighted by Crippen LogP contribution is 2.26. The van der Waals surface area contributed by atoms with Crippen LogP contribution in [0.25, 0.3) is 11.5 Å². The fourth-order valence-electron chi connectivity index (χ4n) is 1.76. The van der Waals surface area contributed by atoms with Gasteiger partial charge in [0.1, 0.15) is 5.69 Å². The number of esters is 1. The lowest BCUT2D eigenvalue weighted by atomic mass is 10.2. The maximum Gasteiger partial charge on any atom is 0.341 e. The molecule has 0 atom stereocenters. The molecule has 0 aliphatic carbocycles. The van der Waals surface area contributed by atoms with Gasteiger partial charge in [-0.05, 0) is 51.3 Å². The van der Waals surface area contributed by atoms with Crippen LogP contribution in [0.5, 0.6) is 0 Å². The standard InChI is InChI=1S/C14H13Br2N3O2/c1-3-11-9(14(20)21-4-2)7-18-13(19-11)12-10(16)5-8(15)6-17-12/h5-7H,3-4H2,1-2H3. The lowest BCUT2D eigenvalue weighted by molar-refractivity contribution is 0.0524. The zero-order valence-corrected chi connectivity index (χ0v) is 14.7. The highest BCUT2D eigenvalue weighted by molar-refractivity contribution is 9.11. The van der Waals surface area contributed by atoms with Crippen molar-refractivity contribution in [2.75, 3.05) is 6.61 Å². The number of hydrogen-bond acceptors (Lipinski definition) is 5. The predicted octanol–water partition coefficient (Wildman–Crippen LogP) is 3.80. The average Bonchev–Trinajstić information content (AvgIpc) is 2.47. The molecule has 0 aliphatic rings. The van der Waals surface area contributed by atoms with Crippen LogP contribution in [0.4, 0.5) is 0 Å². The van der Waals surface area contributed by atoms with Crippen LogP contribution in [0.3, 0.4) is 0 Å². The van der Waals surface area contributed by atoms with E-state index < -0.39 is 5.97 Å². The third-order valence-electron chi connectivity index (χ3n) is 2.72. The first kappa shape index (κ1) is 16.0. The predicted molar refractivity (Wildman–Crippen MR) is 86.0 cm³/mol. The molecule has 0 fully saturated rings. The number of nitrogens with zero attached hydrogens (tertiary/aromatic N) is 3. The van der Waals surface area contributed by atoms with Crippen molar-refractivity contribution in [2.45, 2.75) is 20.3 Å². The number of aromatic nitrogens is 3. The molecule has 2 rings (SSSR count). The number of hydrogen-bond donors (Lipinski definition) is 0. The molecule has 0 aliphatic heterocycles. The molecule has 0 bridgehead atoms. The van der Waals surface area contributed by atoms with Gasteiger partial charge in [0.25, 0.3) is 0 Å².